The van der Waals surface area contributed by atoms with Crippen LogP contribution in [0, 0.1) is 34.5 Å². The molecule has 2 saturated heterocycles. The van der Waals surface area contributed by atoms with Gasteiger partial charge in [-0.1, -0.05) is 50.6 Å². The van der Waals surface area contributed by atoms with Gasteiger partial charge in [-0.25, -0.2) is 0 Å². The Bertz CT molecular complexity index is 937. The lowest BCUT2D eigenvalue weighted by Gasteiger charge is -2.55. The van der Waals surface area contributed by atoms with Gasteiger partial charge in [-0.05, 0) is 72.7 Å². The fourth-order valence-corrected chi connectivity index (χ4v) is 8.81. The molecule has 3 saturated carbocycles. The van der Waals surface area contributed by atoms with E-state index in [4.69, 9.17) is 14.2 Å². The predicted octanol–water partition coefficient (Wildman–Crippen LogP) is 6.12. The molecule has 6 rings (SSSR count). The van der Waals surface area contributed by atoms with E-state index in [-0.39, 0.29) is 29.0 Å². The maximum absolute atomic E-state index is 11.5. The third-order valence-electron chi connectivity index (χ3n) is 10.6. The highest BCUT2D eigenvalue weighted by atomic mass is 16.7. The summed E-state index contributed by atoms with van der Waals surface area (Å²) in [5.74, 6) is 1.48. The summed E-state index contributed by atoms with van der Waals surface area (Å²) in [5.41, 5.74) is 4.76. The molecule has 0 amide bonds. The summed E-state index contributed by atoms with van der Waals surface area (Å²) in [6, 6.07) is 0. The molecule has 4 aliphatic carbocycles. The molecule has 0 aromatic carbocycles. The van der Waals surface area contributed by atoms with E-state index in [1.54, 1.807) is 5.57 Å². The van der Waals surface area contributed by atoms with Gasteiger partial charge in [0.1, 0.15) is 6.10 Å². The molecule has 0 aromatic rings. The lowest BCUT2D eigenvalue weighted by Crippen LogP contribution is -2.47. The molecule has 4 nitrogen and oxygen atoms in total. The SMILES string of the molecule is C=C1C2C(CC3C4=CC=C5CC(OC(C)=O)CCC5(C)C4CCC32C)OC12CCC(C)CO2. The standard InChI is InChI=1S/C29H40O4/c1-17-8-13-29(31-16-17)18(2)26-25(33-29)15-24-22-7-6-20-14-21(32-19(3)30)9-11-27(20,4)23(22)10-12-28(24,26)5/h6-7,17,21,23-26H,2,8-16H2,1,3-5H3. The lowest BCUT2D eigenvalue weighted by molar-refractivity contribution is -0.236. The second-order valence-corrected chi connectivity index (χ2v) is 12.5. The Balaban J connectivity index is 1.28. The smallest absolute Gasteiger partial charge is 0.302 e. The van der Waals surface area contributed by atoms with Gasteiger partial charge in [0.2, 0.25) is 0 Å². The molecule has 9 unspecified atom stereocenters. The van der Waals surface area contributed by atoms with Gasteiger partial charge in [-0.3, -0.25) is 4.79 Å². The Labute approximate surface area is 198 Å². The molecule has 2 aliphatic heterocycles. The zero-order valence-electron chi connectivity index (χ0n) is 20.8. The first kappa shape index (κ1) is 22.1. The molecule has 5 fully saturated rings. The molecule has 0 bridgehead atoms. The maximum Gasteiger partial charge on any atom is 0.302 e. The van der Waals surface area contributed by atoms with Crippen LogP contribution in [0.25, 0.3) is 0 Å². The zero-order valence-corrected chi connectivity index (χ0v) is 20.8. The molecular formula is C29H40O4. The van der Waals surface area contributed by atoms with Gasteiger partial charge in [-0.15, -0.1) is 0 Å². The second-order valence-electron chi connectivity index (χ2n) is 12.5. The maximum atomic E-state index is 11.5. The highest BCUT2D eigenvalue weighted by molar-refractivity contribution is 5.66. The van der Waals surface area contributed by atoms with E-state index >= 15 is 0 Å². The molecular weight excluding hydrogens is 412 g/mol. The second kappa shape index (κ2) is 7.31. The van der Waals surface area contributed by atoms with Crippen molar-refractivity contribution in [3.8, 4) is 0 Å². The number of hydrogen-bond acceptors (Lipinski definition) is 4. The van der Waals surface area contributed by atoms with Crippen molar-refractivity contribution in [1.29, 1.82) is 0 Å². The monoisotopic (exact) mass is 452 g/mol. The molecule has 1 spiro atoms. The summed E-state index contributed by atoms with van der Waals surface area (Å²) in [7, 11) is 0. The normalized spacial score (nSPS) is 50.6. The average Bonchev–Trinajstić information content (AvgIpc) is 3.21. The first-order chi connectivity index (χ1) is 15.7. The van der Waals surface area contributed by atoms with E-state index in [0.717, 1.165) is 45.1 Å². The van der Waals surface area contributed by atoms with E-state index in [0.29, 0.717) is 23.7 Å². The summed E-state index contributed by atoms with van der Waals surface area (Å²) in [4.78, 5) is 11.5. The van der Waals surface area contributed by atoms with Gasteiger partial charge in [0.25, 0.3) is 0 Å². The molecule has 2 heterocycles. The molecule has 33 heavy (non-hydrogen) atoms. The van der Waals surface area contributed by atoms with Crippen LogP contribution in [0.2, 0.25) is 0 Å². The van der Waals surface area contributed by atoms with Crippen LogP contribution in [0.5, 0.6) is 0 Å². The number of fused-ring (bicyclic) bond motifs is 7. The number of carbonyl (C=O) groups excluding carboxylic acids is 1. The first-order valence-corrected chi connectivity index (χ1v) is 13.3. The van der Waals surface area contributed by atoms with Gasteiger partial charge in [-0.2, -0.15) is 0 Å². The van der Waals surface area contributed by atoms with E-state index < -0.39 is 5.79 Å². The van der Waals surface area contributed by atoms with Crippen molar-refractivity contribution in [2.45, 2.75) is 97.1 Å². The summed E-state index contributed by atoms with van der Waals surface area (Å²) >= 11 is 0. The van der Waals surface area contributed by atoms with Gasteiger partial charge < -0.3 is 14.2 Å². The Kier molecular flexibility index (Phi) is 4.89. The highest BCUT2D eigenvalue weighted by Gasteiger charge is 2.66. The van der Waals surface area contributed by atoms with Crippen LogP contribution >= 0.6 is 0 Å². The fraction of sp³-hybridized carbons (Fsp3) is 0.759. The molecule has 9 atom stereocenters. The van der Waals surface area contributed by atoms with Crippen LogP contribution in [0.4, 0.5) is 0 Å². The molecule has 180 valence electrons. The third-order valence-corrected chi connectivity index (χ3v) is 10.6. The minimum Gasteiger partial charge on any atom is -0.462 e. The van der Waals surface area contributed by atoms with E-state index in [1.165, 1.54) is 30.9 Å². The van der Waals surface area contributed by atoms with Crippen LogP contribution in [-0.4, -0.2) is 30.6 Å². The minimum absolute atomic E-state index is 0.0441. The zero-order chi connectivity index (χ0) is 23.2. The third kappa shape index (κ3) is 3.05. The number of allylic oxidation sites excluding steroid dienone is 3. The van der Waals surface area contributed by atoms with Gasteiger partial charge in [0.05, 0.1) is 12.7 Å². The van der Waals surface area contributed by atoms with Gasteiger partial charge >= 0.3 is 5.97 Å². The molecule has 4 heteroatoms. The predicted molar refractivity (Wildman–Crippen MR) is 127 cm³/mol. The van der Waals surface area contributed by atoms with Crippen LogP contribution < -0.4 is 0 Å². The summed E-state index contributed by atoms with van der Waals surface area (Å²) < 4.78 is 18.7. The fourth-order valence-electron chi connectivity index (χ4n) is 8.81. The minimum atomic E-state index is -0.526. The summed E-state index contributed by atoms with van der Waals surface area (Å²) in [5, 5.41) is 0. The largest absolute Gasteiger partial charge is 0.462 e. The summed E-state index contributed by atoms with van der Waals surface area (Å²) in [6.45, 7) is 14.2. The van der Waals surface area contributed by atoms with Crippen LogP contribution in [0.3, 0.4) is 0 Å². The van der Waals surface area contributed by atoms with Crippen molar-refractivity contribution in [3.05, 3.63) is 35.5 Å². The van der Waals surface area contributed by atoms with Crippen molar-refractivity contribution in [1.82, 2.24) is 0 Å². The molecule has 0 aromatic heterocycles. The van der Waals surface area contributed by atoms with Gasteiger partial charge in [0, 0.05) is 25.7 Å². The molecule has 0 N–H and O–H groups in total. The van der Waals surface area contributed by atoms with E-state index in [1.807, 2.05) is 0 Å². The number of rotatable bonds is 1. The molecule has 6 aliphatic rings. The Morgan fingerprint density at radius 3 is 2.67 bits per heavy atom. The van der Waals surface area contributed by atoms with Crippen molar-refractivity contribution < 1.29 is 19.0 Å². The molecule has 0 radical (unpaired) electrons. The van der Waals surface area contributed by atoms with Crippen molar-refractivity contribution >= 4 is 5.97 Å². The number of esters is 1. The average molecular weight is 453 g/mol. The highest BCUT2D eigenvalue weighted by Crippen LogP contribution is 2.69. The Hall–Kier alpha value is -1.39. The quantitative estimate of drug-likeness (QED) is 0.355. The van der Waals surface area contributed by atoms with Crippen LogP contribution in [0.15, 0.2) is 35.5 Å². The Morgan fingerprint density at radius 2 is 1.94 bits per heavy atom. The van der Waals surface area contributed by atoms with Crippen molar-refractivity contribution in [2.75, 3.05) is 6.61 Å². The van der Waals surface area contributed by atoms with Gasteiger partial charge in [0.15, 0.2) is 5.79 Å². The van der Waals surface area contributed by atoms with E-state index in [9.17, 15) is 4.79 Å². The number of hydrogen-bond donors (Lipinski definition) is 0. The Morgan fingerprint density at radius 1 is 1.12 bits per heavy atom. The number of ether oxygens (including phenoxy) is 3. The summed E-state index contributed by atoms with van der Waals surface area (Å²) in [6.07, 6.45) is 13.7. The number of carbonyl (C=O) groups is 1. The lowest BCUT2D eigenvalue weighted by atomic mass is 9.50. The first-order valence-electron chi connectivity index (χ1n) is 13.3. The van der Waals surface area contributed by atoms with Crippen molar-refractivity contribution in [2.24, 2.45) is 34.5 Å². The van der Waals surface area contributed by atoms with Crippen LogP contribution in [-0.2, 0) is 19.0 Å². The van der Waals surface area contributed by atoms with Crippen LogP contribution in [0.1, 0.15) is 79.1 Å². The van der Waals surface area contributed by atoms with E-state index in [2.05, 4.69) is 39.5 Å². The van der Waals surface area contributed by atoms with Crippen molar-refractivity contribution in [3.63, 3.8) is 0 Å². The topological polar surface area (TPSA) is 44.8 Å².